The number of nitrogens with one attached hydrogen (secondary N) is 1. The number of ether oxygens (including phenoxy) is 2. The highest BCUT2D eigenvalue weighted by atomic mass is 32.2. The number of hydrogen-bond acceptors (Lipinski definition) is 8. The van der Waals surface area contributed by atoms with Crippen molar-refractivity contribution in [3.05, 3.63) is 64.8 Å². The quantitative estimate of drug-likeness (QED) is 0.250. The topological polar surface area (TPSA) is 95.3 Å². The first-order valence-electron chi connectivity index (χ1n) is 10.2. The molecule has 0 bridgehead atoms. The van der Waals surface area contributed by atoms with E-state index in [2.05, 4.69) is 28.2 Å². The maximum atomic E-state index is 12.5. The van der Waals surface area contributed by atoms with Gasteiger partial charge in [0.25, 0.3) is 0 Å². The third kappa shape index (κ3) is 6.23. The lowest BCUT2D eigenvalue weighted by Gasteiger charge is -2.16. The molecule has 0 saturated heterocycles. The number of aryl methyl sites for hydroxylation is 2. The van der Waals surface area contributed by atoms with Crippen molar-refractivity contribution < 1.29 is 19.1 Å². The molecule has 0 spiro atoms. The van der Waals surface area contributed by atoms with E-state index in [0.717, 1.165) is 16.9 Å². The highest BCUT2D eigenvalue weighted by Gasteiger charge is 2.21. The molecule has 33 heavy (non-hydrogen) atoms. The molecule has 3 rings (SSSR count). The molecule has 1 amide bonds. The van der Waals surface area contributed by atoms with Crippen molar-refractivity contribution in [2.45, 2.75) is 38.6 Å². The molecule has 2 aromatic heterocycles. The van der Waals surface area contributed by atoms with E-state index in [4.69, 9.17) is 9.47 Å². The van der Waals surface area contributed by atoms with Gasteiger partial charge in [0.05, 0.1) is 18.4 Å². The van der Waals surface area contributed by atoms with Crippen molar-refractivity contribution in [1.29, 1.82) is 0 Å². The number of thioether (sulfide) groups is 1. The van der Waals surface area contributed by atoms with E-state index >= 15 is 0 Å². The molecule has 1 atom stereocenters. The smallest absolute Gasteiger partial charge is 0.340 e. The maximum Gasteiger partial charge on any atom is 0.340 e. The molecule has 174 valence electrons. The largest absolute Gasteiger partial charge is 0.483 e. The van der Waals surface area contributed by atoms with Crippen molar-refractivity contribution >= 4 is 40.0 Å². The van der Waals surface area contributed by atoms with E-state index in [1.165, 1.54) is 30.2 Å². The summed E-state index contributed by atoms with van der Waals surface area (Å²) in [5, 5.41) is 14.1. The number of anilines is 1. The molecule has 0 aliphatic carbocycles. The number of allylic oxidation sites excluding steroid dienone is 1. The average molecular weight is 487 g/mol. The second-order valence-corrected chi connectivity index (χ2v) is 9.17. The van der Waals surface area contributed by atoms with Gasteiger partial charge in [0, 0.05) is 6.54 Å². The number of benzene rings is 1. The summed E-state index contributed by atoms with van der Waals surface area (Å²) in [7, 11) is 1.30. The highest BCUT2D eigenvalue weighted by molar-refractivity contribution is 7.99. The van der Waals surface area contributed by atoms with Crippen LogP contribution in [-0.2, 0) is 16.1 Å². The molecule has 0 aliphatic heterocycles. The van der Waals surface area contributed by atoms with Crippen molar-refractivity contribution in [3.8, 4) is 5.75 Å². The molecule has 2 heterocycles. The molecule has 1 unspecified atom stereocenters. The number of nitrogens with zero attached hydrogens (tertiary/aromatic N) is 3. The van der Waals surface area contributed by atoms with Crippen molar-refractivity contribution in [1.82, 2.24) is 14.8 Å². The van der Waals surface area contributed by atoms with Crippen LogP contribution in [0.4, 0.5) is 5.00 Å². The Morgan fingerprint density at radius 3 is 2.67 bits per heavy atom. The van der Waals surface area contributed by atoms with Gasteiger partial charge in [0.15, 0.2) is 17.1 Å². The van der Waals surface area contributed by atoms with Gasteiger partial charge in [0.1, 0.15) is 10.8 Å². The number of amides is 1. The SMILES string of the molecule is C=CCn1c(SCC(=O)Nc2sccc2C(=O)OC)nnc1C(C)Oc1cc(C)cc(C)c1. The predicted octanol–water partition coefficient (Wildman–Crippen LogP) is 4.80. The lowest BCUT2D eigenvalue weighted by molar-refractivity contribution is -0.113. The minimum atomic E-state index is -0.493. The van der Waals surface area contributed by atoms with Crippen LogP contribution in [0.3, 0.4) is 0 Å². The van der Waals surface area contributed by atoms with E-state index in [1.54, 1.807) is 17.5 Å². The van der Waals surface area contributed by atoms with Crippen LogP contribution in [0.1, 0.15) is 40.3 Å². The Bertz CT molecular complexity index is 1140. The van der Waals surface area contributed by atoms with Crippen molar-refractivity contribution in [3.63, 3.8) is 0 Å². The summed E-state index contributed by atoms with van der Waals surface area (Å²) in [6.07, 6.45) is 1.39. The summed E-state index contributed by atoms with van der Waals surface area (Å²) < 4.78 is 12.7. The van der Waals surface area contributed by atoms with Crippen LogP contribution in [0.15, 0.2) is 47.5 Å². The number of esters is 1. The number of carbonyl (C=O) groups excluding carboxylic acids is 2. The van der Waals surface area contributed by atoms with E-state index in [9.17, 15) is 9.59 Å². The zero-order valence-corrected chi connectivity index (χ0v) is 20.6. The van der Waals surface area contributed by atoms with E-state index in [1.807, 2.05) is 37.5 Å². The average Bonchev–Trinajstić information content (AvgIpc) is 3.38. The maximum absolute atomic E-state index is 12.5. The monoisotopic (exact) mass is 486 g/mol. The summed E-state index contributed by atoms with van der Waals surface area (Å²) in [5.41, 5.74) is 2.57. The van der Waals surface area contributed by atoms with Gasteiger partial charge in [-0.3, -0.25) is 9.36 Å². The molecule has 3 aromatic rings. The van der Waals surface area contributed by atoms with Gasteiger partial charge >= 0.3 is 5.97 Å². The lowest BCUT2D eigenvalue weighted by atomic mass is 10.1. The molecule has 10 heteroatoms. The normalized spacial score (nSPS) is 11.6. The number of aromatic nitrogens is 3. The van der Waals surface area contributed by atoms with Gasteiger partial charge < -0.3 is 14.8 Å². The molecule has 0 saturated carbocycles. The van der Waals surface area contributed by atoms with Crippen LogP contribution >= 0.6 is 23.1 Å². The minimum Gasteiger partial charge on any atom is -0.483 e. The molecule has 8 nitrogen and oxygen atoms in total. The zero-order valence-electron chi connectivity index (χ0n) is 19.0. The number of hydrogen-bond donors (Lipinski definition) is 1. The Balaban J connectivity index is 1.69. The molecule has 0 aliphatic rings. The van der Waals surface area contributed by atoms with E-state index in [0.29, 0.717) is 28.1 Å². The van der Waals surface area contributed by atoms with Gasteiger partial charge in [-0.2, -0.15) is 0 Å². The van der Waals surface area contributed by atoms with Crippen molar-refractivity contribution in [2.24, 2.45) is 0 Å². The van der Waals surface area contributed by atoms with Crippen LogP contribution in [-0.4, -0.2) is 39.5 Å². The fourth-order valence-electron chi connectivity index (χ4n) is 3.24. The first-order valence-corrected chi connectivity index (χ1v) is 12.1. The summed E-state index contributed by atoms with van der Waals surface area (Å²) in [6.45, 7) is 10.2. The van der Waals surface area contributed by atoms with Gasteiger partial charge in [-0.05, 0) is 55.5 Å². The molecular weight excluding hydrogens is 460 g/mol. The second kappa shape index (κ2) is 11.2. The molecule has 0 fully saturated rings. The highest BCUT2D eigenvalue weighted by Crippen LogP contribution is 2.27. The Morgan fingerprint density at radius 2 is 2.00 bits per heavy atom. The van der Waals surface area contributed by atoms with Gasteiger partial charge in [-0.15, -0.1) is 28.1 Å². The van der Waals surface area contributed by atoms with E-state index < -0.39 is 5.97 Å². The van der Waals surface area contributed by atoms with Gasteiger partial charge in [-0.25, -0.2) is 4.79 Å². The molecule has 1 aromatic carbocycles. The van der Waals surface area contributed by atoms with Crippen LogP contribution < -0.4 is 10.1 Å². The third-order valence-corrected chi connectivity index (χ3v) is 6.38. The predicted molar refractivity (Wildman–Crippen MR) is 130 cm³/mol. The Labute approximate surface area is 201 Å². The number of thiophene rings is 1. The summed E-state index contributed by atoms with van der Waals surface area (Å²) in [6, 6.07) is 7.65. The lowest BCUT2D eigenvalue weighted by Crippen LogP contribution is -2.16. The van der Waals surface area contributed by atoms with Crippen LogP contribution in [0.2, 0.25) is 0 Å². The second-order valence-electron chi connectivity index (χ2n) is 7.32. The number of carbonyl (C=O) groups is 2. The molecular formula is C23H26N4O4S2. The Morgan fingerprint density at radius 1 is 1.27 bits per heavy atom. The fourth-order valence-corrected chi connectivity index (χ4v) is 4.78. The van der Waals surface area contributed by atoms with Crippen molar-refractivity contribution in [2.75, 3.05) is 18.2 Å². The number of methoxy groups -OCH3 is 1. The fraction of sp³-hybridized carbons (Fsp3) is 0.304. The van der Waals surface area contributed by atoms with Crippen LogP contribution in [0.25, 0.3) is 0 Å². The van der Waals surface area contributed by atoms with Gasteiger partial charge in [-0.1, -0.05) is 23.9 Å². The van der Waals surface area contributed by atoms with Crippen LogP contribution in [0, 0.1) is 13.8 Å². The molecule has 1 N–H and O–H groups in total. The Hall–Kier alpha value is -3.11. The Kier molecular flexibility index (Phi) is 8.29. The number of rotatable bonds is 10. The minimum absolute atomic E-state index is 0.0973. The third-order valence-electron chi connectivity index (χ3n) is 4.58. The molecule has 0 radical (unpaired) electrons. The van der Waals surface area contributed by atoms with Crippen LogP contribution in [0.5, 0.6) is 5.75 Å². The first-order chi connectivity index (χ1) is 15.8. The van der Waals surface area contributed by atoms with E-state index in [-0.39, 0.29) is 17.8 Å². The summed E-state index contributed by atoms with van der Waals surface area (Å²) >= 11 is 2.51. The zero-order chi connectivity index (χ0) is 24.0. The summed E-state index contributed by atoms with van der Waals surface area (Å²) in [4.78, 5) is 24.3. The first kappa shape index (κ1) is 24.5. The van der Waals surface area contributed by atoms with Gasteiger partial charge in [0.2, 0.25) is 5.91 Å². The standard InChI is InChI=1S/C23H26N4O4S2/c1-6-8-27-20(16(4)31-17-11-14(2)10-15(3)12-17)25-26-23(27)33-13-19(28)24-21-18(7-9-32-21)22(29)30-5/h6-7,9-12,16H,1,8,13H2,2-5H3,(H,24,28). The summed E-state index contributed by atoms with van der Waals surface area (Å²) in [5.74, 6) is 0.747.